The first kappa shape index (κ1) is 18.3. The summed E-state index contributed by atoms with van der Waals surface area (Å²) in [5, 5.41) is 10.7. The Hall–Kier alpha value is -4.14. The third-order valence-corrected chi connectivity index (χ3v) is 8.29. The molecule has 0 aliphatic rings. The van der Waals surface area contributed by atoms with Gasteiger partial charge in [0.15, 0.2) is 0 Å². The fourth-order valence-corrected chi connectivity index (χ4v) is 6.93. The zero-order valence-electron chi connectivity index (χ0n) is 18.3. The number of fused-ring (bicyclic) bond motifs is 12. The average molecular weight is 450 g/mol. The summed E-state index contributed by atoms with van der Waals surface area (Å²) in [7, 11) is 0. The second-order valence-electron chi connectivity index (χ2n) is 8.92. The number of nitrogens with zero attached hydrogens (tertiary/aromatic N) is 1. The van der Waals surface area contributed by atoms with Crippen molar-refractivity contribution in [1.82, 2.24) is 4.57 Å². The summed E-state index contributed by atoms with van der Waals surface area (Å²) in [5.41, 5.74) is 3.75. The molecule has 0 spiro atoms. The Morgan fingerprint density at radius 1 is 0.412 bits per heavy atom. The van der Waals surface area contributed by atoms with Crippen LogP contribution in [0, 0.1) is 0 Å². The van der Waals surface area contributed by atoms with E-state index >= 15 is 0 Å². The molecular formula is C32H19NS. The van der Waals surface area contributed by atoms with Crippen molar-refractivity contribution in [2.45, 2.75) is 0 Å². The zero-order chi connectivity index (χ0) is 22.2. The second kappa shape index (κ2) is 6.69. The molecule has 0 bridgehead atoms. The summed E-state index contributed by atoms with van der Waals surface area (Å²) in [6.07, 6.45) is 0. The lowest BCUT2D eigenvalue weighted by Gasteiger charge is -2.12. The number of rotatable bonds is 1. The Bertz CT molecular complexity index is 2060. The van der Waals surface area contributed by atoms with Crippen molar-refractivity contribution in [2.75, 3.05) is 0 Å². The summed E-state index contributed by atoms with van der Waals surface area (Å²) in [5.74, 6) is 0. The molecule has 1 nitrogen and oxygen atoms in total. The van der Waals surface area contributed by atoms with Gasteiger partial charge < -0.3 is 4.57 Å². The third kappa shape index (κ3) is 2.28. The summed E-state index contributed by atoms with van der Waals surface area (Å²) in [6.45, 7) is 0. The van der Waals surface area contributed by atoms with Crippen LogP contribution in [0.5, 0.6) is 0 Å². The highest BCUT2D eigenvalue weighted by molar-refractivity contribution is 7.26. The molecule has 34 heavy (non-hydrogen) atoms. The zero-order valence-corrected chi connectivity index (χ0v) is 19.1. The van der Waals surface area contributed by atoms with E-state index in [9.17, 15) is 0 Å². The molecule has 0 saturated carbocycles. The Labute approximate surface area is 200 Å². The average Bonchev–Trinajstić information content (AvgIpc) is 3.45. The van der Waals surface area contributed by atoms with E-state index in [0.29, 0.717) is 0 Å². The van der Waals surface area contributed by atoms with Crippen LogP contribution in [0.1, 0.15) is 0 Å². The minimum absolute atomic E-state index is 1.20. The molecule has 0 N–H and O–H groups in total. The molecule has 8 aromatic rings. The number of benzene rings is 6. The van der Waals surface area contributed by atoms with Crippen LogP contribution in [0.25, 0.3) is 69.2 Å². The van der Waals surface area contributed by atoms with Gasteiger partial charge in [0.05, 0.1) is 11.0 Å². The SMILES string of the molecule is c1ccc(-n2c3ccc4sc5ccccc5c4c3c3c4ccccc4c4ccccc4c32)cc1. The molecule has 2 heterocycles. The van der Waals surface area contributed by atoms with Gasteiger partial charge in [0.1, 0.15) is 0 Å². The van der Waals surface area contributed by atoms with Gasteiger partial charge in [-0.2, -0.15) is 0 Å². The van der Waals surface area contributed by atoms with E-state index < -0.39 is 0 Å². The van der Waals surface area contributed by atoms with Gasteiger partial charge in [0.2, 0.25) is 0 Å². The fraction of sp³-hybridized carbons (Fsp3) is 0. The maximum atomic E-state index is 2.48. The summed E-state index contributed by atoms with van der Waals surface area (Å²) >= 11 is 1.89. The fourth-order valence-electron chi connectivity index (χ4n) is 5.82. The van der Waals surface area contributed by atoms with Gasteiger partial charge in [-0.15, -0.1) is 11.3 Å². The van der Waals surface area contributed by atoms with Crippen molar-refractivity contribution >= 4 is 74.9 Å². The van der Waals surface area contributed by atoms with Crippen LogP contribution in [0.4, 0.5) is 0 Å². The number of para-hydroxylation sites is 1. The standard InChI is InChI=1S/C32H19NS/c1-2-10-20(11-3-1)33-26-18-19-28-29(25-16-8-9-17-27(25)34-28)31(26)30-23-14-6-4-12-21(23)22-13-5-7-15-24(22)32(30)33/h1-19H. The van der Waals surface area contributed by atoms with Gasteiger partial charge in [0, 0.05) is 42.0 Å². The number of hydrogen-bond acceptors (Lipinski definition) is 1. The smallest absolute Gasteiger partial charge is 0.0626 e. The maximum Gasteiger partial charge on any atom is 0.0626 e. The summed E-state index contributed by atoms with van der Waals surface area (Å²) < 4.78 is 5.17. The van der Waals surface area contributed by atoms with Crippen LogP contribution >= 0.6 is 11.3 Å². The predicted octanol–water partition coefficient (Wildman–Crippen LogP) is 9.46. The molecule has 0 amide bonds. The van der Waals surface area contributed by atoms with Crippen LogP contribution in [-0.2, 0) is 0 Å². The van der Waals surface area contributed by atoms with E-state index in [4.69, 9.17) is 0 Å². The molecule has 0 unspecified atom stereocenters. The normalized spacial score (nSPS) is 12.1. The molecular weight excluding hydrogens is 430 g/mol. The summed E-state index contributed by atoms with van der Waals surface area (Å²) in [6, 6.07) is 42.0. The monoisotopic (exact) mass is 449 g/mol. The van der Waals surface area contributed by atoms with E-state index in [0.717, 1.165) is 0 Å². The first-order valence-electron chi connectivity index (χ1n) is 11.6. The lowest BCUT2D eigenvalue weighted by Crippen LogP contribution is -1.94. The van der Waals surface area contributed by atoms with Crippen molar-refractivity contribution in [3.05, 3.63) is 115 Å². The highest BCUT2D eigenvalue weighted by atomic mass is 32.1. The van der Waals surface area contributed by atoms with Gasteiger partial charge in [-0.25, -0.2) is 0 Å². The quantitative estimate of drug-likeness (QED) is 0.220. The van der Waals surface area contributed by atoms with Crippen LogP contribution in [0.15, 0.2) is 115 Å². The molecule has 0 radical (unpaired) electrons. The lowest BCUT2D eigenvalue weighted by molar-refractivity contribution is 1.19. The Morgan fingerprint density at radius 3 is 1.82 bits per heavy atom. The van der Waals surface area contributed by atoms with Crippen LogP contribution in [0.2, 0.25) is 0 Å². The molecule has 2 aromatic heterocycles. The highest BCUT2D eigenvalue weighted by Crippen LogP contribution is 2.47. The van der Waals surface area contributed by atoms with Gasteiger partial charge in [-0.3, -0.25) is 0 Å². The lowest BCUT2D eigenvalue weighted by atomic mass is 9.95. The molecule has 8 rings (SSSR count). The van der Waals surface area contributed by atoms with Crippen molar-refractivity contribution < 1.29 is 0 Å². The van der Waals surface area contributed by atoms with E-state index in [1.54, 1.807) is 0 Å². The van der Waals surface area contributed by atoms with Crippen LogP contribution < -0.4 is 0 Å². The number of aromatic nitrogens is 1. The first-order valence-corrected chi connectivity index (χ1v) is 12.4. The molecule has 0 aliphatic carbocycles. The minimum Gasteiger partial charge on any atom is -0.309 e. The number of thiophene rings is 1. The first-order chi connectivity index (χ1) is 16.9. The Morgan fingerprint density at radius 2 is 1.03 bits per heavy atom. The Kier molecular flexibility index (Phi) is 3.60. The Balaban J connectivity index is 1.79. The molecule has 158 valence electrons. The molecule has 2 heteroatoms. The molecule has 0 aliphatic heterocycles. The van der Waals surface area contributed by atoms with Crippen molar-refractivity contribution in [1.29, 1.82) is 0 Å². The van der Waals surface area contributed by atoms with Crippen LogP contribution in [-0.4, -0.2) is 4.57 Å². The molecule has 0 saturated heterocycles. The topological polar surface area (TPSA) is 4.93 Å². The van der Waals surface area contributed by atoms with Gasteiger partial charge in [-0.05, 0) is 46.5 Å². The minimum atomic E-state index is 1.20. The number of hydrogen-bond donors (Lipinski definition) is 0. The van der Waals surface area contributed by atoms with Gasteiger partial charge >= 0.3 is 0 Å². The van der Waals surface area contributed by atoms with Crippen LogP contribution in [0.3, 0.4) is 0 Å². The maximum absolute atomic E-state index is 2.48. The molecule has 6 aromatic carbocycles. The van der Waals surface area contributed by atoms with Gasteiger partial charge in [-0.1, -0.05) is 84.9 Å². The van der Waals surface area contributed by atoms with Crippen molar-refractivity contribution in [3.63, 3.8) is 0 Å². The van der Waals surface area contributed by atoms with E-state index in [1.165, 1.54) is 69.2 Å². The van der Waals surface area contributed by atoms with E-state index in [2.05, 4.69) is 120 Å². The van der Waals surface area contributed by atoms with Crippen molar-refractivity contribution in [2.24, 2.45) is 0 Å². The van der Waals surface area contributed by atoms with E-state index in [1.807, 2.05) is 11.3 Å². The molecule has 0 atom stereocenters. The largest absolute Gasteiger partial charge is 0.309 e. The molecule has 0 fully saturated rings. The van der Waals surface area contributed by atoms with Crippen molar-refractivity contribution in [3.8, 4) is 5.69 Å². The summed E-state index contributed by atoms with van der Waals surface area (Å²) in [4.78, 5) is 0. The predicted molar refractivity (Wildman–Crippen MR) is 149 cm³/mol. The van der Waals surface area contributed by atoms with Gasteiger partial charge in [0.25, 0.3) is 0 Å². The highest BCUT2D eigenvalue weighted by Gasteiger charge is 2.21. The van der Waals surface area contributed by atoms with E-state index in [-0.39, 0.29) is 0 Å². The second-order valence-corrected chi connectivity index (χ2v) is 10.0. The third-order valence-electron chi connectivity index (χ3n) is 7.16.